The van der Waals surface area contributed by atoms with Crippen LogP contribution in [0.4, 0.5) is 10.1 Å². The summed E-state index contributed by atoms with van der Waals surface area (Å²) < 4.78 is 18.6. The molecule has 0 aliphatic carbocycles. The van der Waals surface area contributed by atoms with Crippen molar-refractivity contribution in [1.82, 2.24) is 0 Å². The van der Waals surface area contributed by atoms with Gasteiger partial charge in [0.2, 0.25) is 5.75 Å². The van der Waals surface area contributed by atoms with Gasteiger partial charge in [0.15, 0.2) is 5.82 Å². The quantitative estimate of drug-likeness (QED) is 0.470. The maximum Gasteiger partial charge on any atom is 0.314 e. The highest BCUT2D eigenvalue weighted by Gasteiger charge is 2.22. The van der Waals surface area contributed by atoms with Crippen LogP contribution in [0, 0.1) is 27.3 Å². The van der Waals surface area contributed by atoms with Gasteiger partial charge < -0.3 is 10.5 Å². The molecule has 0 radical (unpaired) electrons. The topological polar surface area (TPSA) is 102 Å². The summed E-state index contributed by atoms with van der Waals surface area (Å²) >= 11 is 0. The van der Waals surface area contributed by atoms with Gasteiger partial charge in [-0.3, -0.25) is 10.1 Å². The van der Waals surface area contributed by atoms with E-state index in [1.165, 1.54) is 12.1 Å². The Morgan fingerprint density at radius 2 is 2.30 bits per heavy atom. The van der Waals surface area contributed by atoms with Gasteiger partial charge in [0.1, 0.15) is 5.54 Å². The lowest BCUT2D eigenvalue weighted by Crippen LogP contribution is -2.37. The molecule has 1 aromatic carbocycles. The molecule has 0 aliphatic heterocycles. The van der Waals surface area contributed by atoms with E-state index >= 15 is 0 Å². The Kier molecular flexibility index (Phi) is 5.41. The van der Waals surface area contributed by atoms with Crippen LogP contribution >= 0.6 is 0 Å². The lowest BCUT2D eigenvalue weighted by molar-refractivity contribution is -0.386. The summed E-state index contributed by atoms with van der Waals surface area (Å²) in [6.45, 7) is 1.86. The van der Waals surface area contributed by atoms with E-state index in [1.807, 2.05) is 6.07 Å². The van der Waals surface area contributed by atoms with Crippen molar-refractivity contribution in [1.29, 1.82) is 5.26 Å². The molecular formula is C13H16FN3O3. The number of nitrogens with zero attached hydrogens (tertiary/aromatic N) is 2. The van der Waals surface area contributed by atoms with Crippen LogP contribution in [0.2, 0.25) is 0 Å². The Morgan fingerprint density at radius 3 is 2.85 bits per heavy atom. The average molecular weight is 281 g/mol. The first-order chi connectivity index (χ1) is 9.43. The first kappa shape index (κ1) is 15.9. The molecule has 1 unspecified atom stereocenters. The van der Waals surface area contributed by atoms with Crippen LogP contribution in [0.3, 0.4) is 0 Å². The Morgan fingerprint density at radius 1 is 1.60 bits per heavy atom. The first-order valence-corrected chi connectivity index (χ1v) is 6.19. The zero-order valence-corrected chi connectivity index (χ0v) is 11.1. The maximum atomic E-state index is 13.5. The lowest BCUT2D eigenvalue weighted by atomic mass is 9.94. The molecule has 0 aromatic heterocycles. The molecule has 0 spiro atoms. The summed E-state index contributed by atoms with van der Waals surface area (Å²) in [6, 6.07) is 5.52. The molecule has 1 aromatic rings. The Labute approximate surface area is 116 Å². The summed E-state index contributed by atoms with van der Waals surface area (Å²) in [5, 5.41) is 19.7. The largest absolute Gasteiger partial charge is 0.485 e. The predicted octanol–water partition coefficient (Wildman–Crippen LogP) is 2.52. The van der Waals surface area contributed by atoms with E-state index in [-0.39, 0.29) is 12.4 Å². The van der Waals surface area contributed by atoms with Crippen molar-refractivity contribution < 1.29 is 14.1 Å². The molecule has 1 atom stereocenters. The minimum absolute atomic E-state index is 0.0579. The van der Waals surface area contributed by atoms with Gasteiger partial charge in [-0.15, -0.1) is 0 Å². The Bertz CT molecular complexity index is 530. The zero-order valence-electron chi connectivity index (χ0n) is 11.1. The van der Waals surface area contributed by atoms with Crippen LogP contribution in [0.15, 0.2) is 18.2 Å². The summed E-state index contributed by atoms with van der Waals surface area (Å²) in [7, 11) is 0. The van der Waals surface area contributed by atoms with Crippen LogP contribution < -0.4 is 10.5 Å². The van der Waals surface area contributed by atoms with Crippen molar-refractivity contribution in [2.24, 2.45) is 5.73 Å². The lowest BCUT2D eigenvalue weighted by Gasteiger charge is -2.18. The third-order valence-electron chi connectivity index (χ3n) is 3.01. The highest BCUT2D eigenvalue weighted by atomic mass is 19.1. The van der Waals surface area contributed by atoms with E-state index in [4.69, 9.17) is 15.7 Å². The van der Waals surface area contributed by atoms with Gasteiger partial charge in [-0.05, 0) is 25.3 Å². The number of halogens is 1. The fourth-order valence-electron chi connectivity index (χ4n) is 1.66. The monoisotopic (exact) mass is 281 g/mol. The highest BCUT2D eigenvalue weighted by Crippen LogP contribution is 2.29. The van der Waals surface area contributed by atoms with Crippen LogP contribution in [-0.4, -0.2) is 17.1 Å². The van der Waals surface area contributed by atoms with Crippen molar-refractivity contribution in [2.75, 3.05) is 6.61 Å². The first-order valence-electron chi connectivity index (χ1n) is 6.19. The van der Waals surface area contributed by atoms with E-state index in [0.717, 1.165) is 6.07 Å². The third-order valence-corrected chi connectivity index (χ3v) is 3.01. The predicted molar refractivity (Wildman–Crippen MR) is 70.6 cm³/mol. The molecule has 0 bridgehead atoms. The highest BCUT2D eigenvalue weighted by molar-refractivity contribution is 5.46. The fraction of sp³-hybridized carbons (Fsp3) is 0.462. The number of ether oxygens (including phenoxy) is 1. The summed E-state index contributed by atoms with van der Waals surface area (Å²) in [5.41, 5.74) is 4.43. The van der Waals surface area contributed by atoms with Crippen molar-refractivity contribution in [2.45, 2.75) is 31.7 Å². The molecule has 7 heteroatoms. The summed E-state index contributed by atoms with van der Waals surface area (Å²) in [5.74, 6) is -1.16. The second kappa shape index (κ2) is 6.82. The molecule has 0 saturated heterocycles. The van der Waals surface area contributed by atoms with Gasteiger partial charge in [-0.25, -0.2) is 4.39 Å². The zero-order chi connectivity index (χ0) is 15.2. The standard InChI is InChI=1S/C13H16FN3O3/c1-2-13(16,9-15)7-4-8-20-12-10(14)5-3-6-11(12)17(18)19/h3,5-6H,2,4,7-8,16H2,1H3. The molecule has 2 N–H and O–H groups in total. The van der Waals surface area contributed by atoms with Gasteiger partial charge >= 0.3 is 5.69 Å². The van der Waals surface area contributed by atoms with E-state index in [9.17, 15) is 14.5 Å². The average Bonchev–Trinajstić information content (AvgIpc) is 2.44. The molecule has 108 valence electrons. The number of hydrogen-bond acceptors (Lipinski definition) is 5. The molecular weight excluding hydrogens is 265 g/mol. The second-order valence-corrected chi connectivity index (χ2v) is 4.42. The van der Waals surface area contributed by atoms with Crippen molar-refractivity contribution in [3.05, 3.63) is 34.1 Å². The molecule has 1 rings (SSSR count). The number of nitriles is 1. The Balaban J connectivity index is 2.64. The van der Waals surface area contributed by atoms with Crippen LogP contribution in [-0.2, 0) is 0 Å². The smallest absolute Gasteiger partial charge is 0.314 e. The van der Waals surface area contributed by atoms with Gasteiger partial charge in [-0.2, -0.15) is 5.26 Å². The van der Waals surface area contributed by atoms with Crippen molar-refractivity contribution in [3.8, 4) is 11.8 Å². The second-order valence-electron chi connectivity index (χ2n) is 4.42. The SMILES string of the molecule is CCC(N)(C#N)CCCOc1c(F)cccc1[N+](=O)[O-]. The molecule has 20 heavy (non-hydrogen) atoms. The van der Waals surface area contributed by atoms with Crippen molar-refractivity contribution >= 4 is 5.69 Å². The minimum Gasteiger partial charge on any atom is -0.485 e. The number of benzene rings is 1. The molecule has 6 nitrogen and oxygen atoms in total. The Hall–Kier alpha value is -2.20. The number of nitro groups is 1. The number of nitro benzene ring substituents is 1. The third kappa shape index (κ3) is 3.90. The van der Waals surface area contributed by atoms with E-state index in [2.05, 4.69) is 0 Å². The van der Waals surface area contributed by atoms with Crippen molar-refractivity contribution in [3.63, 3.8) is 0 Å². The number of nitrogens with two attached hydrogens (primary N) is 1. The maximum absolute atomic E-state index is 13.5. The fourth-order valence-corrected chi connectivity index (χ4v) is 1.66. The number of para-hydroxylation sites is 1. The molecule has 0 fully saturated rings. The number of rotatable bonds is 7. The van der Waals surface area contributed by atoms with E-state index < -0.39 is 22.0 Å². The van der Waals surface area contributed by atoms with Gasteiger partial charge in [0.05, 0.1) is 17.6 Å². The van der Waals surface area contributed by atoms with E-state index in [1.54, 1.807) is 6.92 Å². The van der Waals surface area contributed by atoms with E-state index in [0.29, 0.717) is 19.3 Å². The van der Waals surface area contributed by atoms with Gasteiger partial charge in [0.25, 0.3) is 0 Å². The molecule has 0 heterocycles. The van der Waals surface area contributed by atoms with Crippen LogP contribution in [0.25, 0.3) is 0 Å². The van der Waals surface area contributed by atoms with Crippen LogP contribution in [0.1, 0.15) is 26.2 Å². The van der Waals surface area contributed by atoms with Gasteiger partial charge in [-0.1, -0.05) is 13.0 Å². The van der Waals surface area contributed by atoms with Crippen LogP contribution in [0.5, 0.6) is 5.75 Å². The molecule has 0 aliphatic rings. The normalized spacial score (nSPS) is 13.3. The number of hydrogen-bond donors (Lipinski definition) is 1. The minimum atomic E-state index is -0.940. The summed E-state index contributed by atoms with van der Waals surface area (Å²) in [6.07, 6.45) is 1.27. The molecule has 0 amide bonds. The molecule has 0 saturated carbocycles. The van der Waals surface area contributed by atoms with Gasteiger partial charge in [0, 0.05) is 6.07 Å². The summed E-state index contributed by atoms with van der Waals surface area (Å²) in [4.78, 5) is 10.1.